The third kappa shape index (κ3) is 4.38. The molecule has 55 heavy (non-hydrogen) atoms. The van der Waals surface area contributed by atoms with Gasteiger partial charge in [-0.15, -0.1) is 0 Å². The Kier molecular flexibility index (Phi) is 6.34. The van der Waals surface area contributed by atoms with Crippen molar-refractivity contribution in [2.24, 2.45) is 0 Å². The van der Waals surface area contributed by atoms with E-state index >= 15 is 0 Å². The highest BCUT2D eigenvalue weighted by molar-refractivity contribution is 6.19. The molecule has 0 N–H and O–H groups in total. The van der Waals surface area contributed by atoms with Gasteiger partial charge in [0.25, 0.3) is 0 Å². The third-order valence-corrected chi connectivity index (χ3v) is 11.6. The van der Waals surface area contributed by atoms with E-state index in [0.717, 1.165) is 5.69 Å². The van der Waals surface area contributed by atoms with Crippen LogP contribution in [0.2, 0.25) is 0 Å². The summed E-state index contributed by atoms with van der Waals surface area (Å²) in [6.45, 7) is 0. The molecule has 0 radical (unpaired) electrons. The molecule has 3 aromatic heterocycles. The molecular formula is C52H33N3. The zero-order valence-electron chi connectivity index (χ0n) is 29.9. The van der Waals surface area contributed by atoms with Gasteiger partial charge in [-0.25, -0.2) is 0 Å². The first-order valence-electron chi connectivity index (χ1n) is 18.9. The summed E-state index contributed by atoms with van der Waals surface area (Å²) in [7, 11) is 0. The van der Waals surface area contributed by atoms with E-state index in [1.54, 1.807) is 0 Å². The molecule has 0 atom stereocenters. The van der Waals surface area contributed by atoms with Gasteiger partial charge in [0.05, 0.1) is 33.1 Å². The summed E-state index contributed by atoms with van der Waals surface area (Å²) in [6.07, 6.45) is 0. The van der Waals surface area contributed by atoms with Crippen LogP contribution < -0.4 is 0 Å². The van der Waals surface area contributed by atoms with E-state index in [1.165, 1.54) is 98.7 Å². The Balaban J connectivity index is 1.06. The second-order valence-corrected chi connectivity index (χ2v) is 14.6. The lowest BCUT2D eigenvalue weighted by Crippen LogP contribution is -1.96. The minimum atomic E-state index is 1.15. The maximum atomic E-state index is 2.44. The molecule has 3 heteroatoms. The van der Waals surface area contributed by atoms with Gasteiger partial charge < -0.3 is 13.7 Å². The van der Waals surface area contributed by atoms with E-state index in [2.05, 4.69) is 214 Å². The fraction of sp³-hybridized carbons (Fsp3) is 0. The topological polar surface area (TPSA) is 14.8 Å². The van der Waals surface area contributed by atoms with Crippen LogP contribution in [0.5, 0.6) is 0 Å². The Morgan fingerprint density at radius 1 is 0.236 bits per heavy atom. The summed E-state index contributed by atoms with van der Waals surface area (Å²) >= 11 is 0. The number of benzene rings is 9. The van der Waals surface area contributed by atoms with E-state index in [9.17, 15) is 0 Å². The van der Waals surface area contributed by atoms with Crippen molar-refractivity contribution in [2.75, 3.05) is 0 Å². The molecule has 3 nitrogen and oxygen atoms in total. The number of fused-ring (bicyclic) bond motifs is 11. The van der Waals surface area contributed by atoms with Crippen molar-refractivity contribution in [1.29, 1.82) is 0 Å². The van der Waals surface area contributed by atoms with Crippen LogP contribution in [0.1, 0.15) is 0 Å². The minimum Gasteiger partial charge on any atom is -0.309 e. The smallest absolute Gasteiger partial charge is 0.0619 e. The van der Waals surface area contributed by atoms with Gasteiger partial charge in [-0.3, -0.25) is 0 Å². The monoisotopic (exact) mass is 699 g/mol. The van der Waals surface area contributed by atoms with E-state index in [-0.39, 0.29) is 0 Å². The van der Waals surface area contributed by atoms with Gasteiger partial charge in [0.1, 0.15) is 0 Å². The van der Waals surface area contributed by atoms with Crippen molar-refractivity contribution in [3.05, 3.63) is 200 Å². The summed E-state index contributed by atoms with van der Waals surface area (Å²) in [5, 5.41) is 10.0. The van der Waals surface area contributed by atoms with Crippen molar-refractivity contribution in [3.8, 4) is 28.2 Å². The fourth-order valence-electron chi connectivity index (χ4n) is 9.19. The van der Waals surface area contributed by atoms with Gasteiger partial charge in [0.15, 0.2) is 0 Å². The zero-order valence-corrected chi connectivity index (χ0v) is 29.9. The van der Waals surface area contributed by atoms with Crippen molar-refractivity contribution in [1.82, 2.24) is 13.7 Å². The van der Waals surface area contributed by atoms with Gasteiger partial charge in [-0.1, -0.05) is 121 Å². The van der Waals surface area contributed by atoms with Gasteiger partial charge in [0, 0.05) is 54.8 Å². The molecule has 0 bridgehead atoms. The van der Waals surface area contributed by atoms with Gasteiger partial charge in [0.2, 0.25) is 0 Å². The molecule has 12 rings (SSSR count). The quantitative estimate of drug-likeness (QED) is 0.174. The average molecular weight is 700 g/mol. The molecule has 0 aliphatic heterocycles. The molecule has 0 aliphatic rings. The van der Waals surface area contributed by atoms with Crippen molar-refractivity contribution in [3.63, 3.8) is 0 Å². The minimum absolute atomic E-state index is 1.15. The van der Waals surface area contributed by atoms with Crippen molar-refractivity contribution < 1.29 is 0 Å². The summed E-state index contributed by atoms with van der Waals surface area (Å²) in [5.41, 5.74) is 13.2. The summed E-state index contributed by atoms with van der Waals surface area (Å²) in [4.78, 5) is 0. The molecule has 0 saturated carbocycles. The molecule has 0 fully saturated rings. The first-order valence-corrected chi connectivity index (χ1v) is 18.9. The van der Waals surface area contributed by atoms with Crippen molar-refractivity contribution >= 4 is 76.2 Å². The molecule has 256 valence electrons. The molecule has 0 amide bonds. The lowest BCUT2D eigenvalue weighted by atomic mass is 10.0. The van der Waals surface area contributed by atoms with Gasteiger partial charge in [-0.2, -0.15) is 0 Å². The molecule has 0 spiro atoms. The summed E-state index contributed by atoms with van der Waals surface area (Å²) in [6, 6.07) is 73.2. The SMILES string of the molecule is c1ccc(-n2c3ccccc3c3cc(-c4ccc5c(c4)c4ccccc4n5-c4ccc5c(c4)c4ccc6ccccc6c4n5-c4ccccc4)ccc32)cc1. The summed E-state index contributed by atoms with van der Waals surface area (Å²) in [5.74, 6) is 0. The molecule has 0 aliphatic carbocycles. The largest absolute Gasteiger partial charge is 0.309 e. The molecule has 0 unspecified atom stereocenters. The number of para-hydroxylation sites is 4. The van der Waals surface area contributed by atoms with Gasteiger partial charge in [-0.05, 0) is 95.4 Å². The maximum Gasteiger partial charge on any atom is 0.0619 e. The third-order valence-electron chi connectivity index (χ3n) is 11.6. The highest BCUT2D eigenvalue weighted by Gasteiger charge is 2.19. The Labute approximate surface area is 317 Å². The summed E-state index contributed by atoms with van der Waals surface area (Å²) < 4.78 is 7.25. The van der Waals surface area contributed by atoms with Crippen LogP contribution in [0.25, 0.3) is 104 Å². The van der Waals surface area contributed by atoms with Crippen LogP contribution in [-0.2, 0) is 0 Å². The zero-order chi connectivity index (χ0) is 36.0. The molecule has 0 saturated heterocycles. The highest BCUT2D eigenvalue weighted by Crippen LogP contribution is 2.41. The lowest BCUT2D eigenvalue weighted by molar-refractivity contribution is 1.17. The van der Waals surface area contributed by atoms with Crippen LogP contribution in [0, 0.1) is 0 Å². The number of hydrogen-bond acceptors (Lipinski definition) is 0. The standard InChI is InChI=1S/C52H33N3/c1-3-14-37(15-4-1)53-47-21-11-9-19-41(47)44-31-35(24-28-49(44)53)36-25-29-50-45(32-36)42-20-10-12-22-48(42)54(50)39-26-30-51-46(33-39)43-27-23-34-13-7-8-18-40(34)52(43)55(51)38-16-5-2-6-17-38/h1-33H. The Morgan fingerprint density at radius 2 is 0.691 bits per heavy atom. The molecule has 9 aromatic carbocycles. The predicted octanol–water partition coefficient (Wildman–Crippen LogP) is 13.8. The van der Waals surface area contributed by atoms with Crippen LogP contribution in [0.15, 0.2) is 200 Å². The normalized spacial score (nSPS) is 12.0. The Morgan fingerprint density at radius 3 is 1.33 bits per heavy atom. The van der Waals surface area contributed by atoms with Crippen LogP contribution >= 0.6 is 0 Å². The van der Waals surface area contributed by atoms with Crippen molar-refractivity contribution in [2.45, 2.75) is 0 Å². The Hall–Kier alpha value is -7.36. The fourth-order valence-corrected chi connectivity index (χ4v) is 9.19. The van der Waals surface area contributed by atoms with E-state index in [1.807, 2.05) is 0 Å². The average Bonchev–Trinajstić information content (AvgIpc) is 3.89. The van der Waals surface area contributed by atoms with Gasteiger partial charge >= 0.3 is 0 Å². The van der Waals surface area contributed by atoms with E-state index < -0.39 is 0 Å². The van der Waals surface area contributed by atoms with Crippen LogP contribution in [0.3, 0.4) is 0 Å². The molecule has 3 heterocycles. The number of rotatable bonds is 4. The number of nitrogens with zero attached hydrogens (tertiary/aromatic N) is 3. The van der Waals surface area contributed by atoms with E-state index in [4.69, 9.17) is 0 Å². The maximum absolute atomic E-state index is 2.44. The second kappa shape index (κ2) is 11.6. The lowest BCUT2D eigenvalue weighted by Gasteiger charge is -2.11. The Bertz CT molecular complexity index is 3470. The molecule has 12 aromatic rings. The van der Waals surface area contributed by atoms with Crippen LogP contribution in [-0.4, -0.2) is 13.7 Å². The van der Waals surface area contributed by atoms with E-state index in [0.29, 0.717) is 0 Å². The number of hydrogen-bond donors (Lipinski definition) is 0. The highest BCUT2D eigenvalue weighted by atomic mass is 15.0. The van der Waals surface area contributed by atoms with Crippen LogP contribution in [0.4, 0.5) is 0 Å². The number of aromatic nitrogens is 3. The molecular weight excluding hydrogens is 667 g/mol. The predicted molar refractivity (Wildman–Crippen MR) is 232 cm³/mol. The first kappa shape index (κ1) is 30.1. The second-order valence-electron chi connectivity index (χ2n) is 14.6. The first-order chi connectivity index (χ1) is 27.3.